The van der Waals surface area contributed by atoms with Crippen molar-refractivity contribution in [3.05, 3.63) is 64.6 Å². The van der Waals surface area contributed by atoms with Crippen molar-refractivity contribution in [3.63, 3.8) is 0 Å². The minimum atomic E-state index is -0.276. The molecule has 0 N–H and O–H groups in total. The normalized spacial score (nSPS) is 10.9. The van der Waals surface area contributed by atoms with Gasteiger partial charge in [0.15, 0.2) is 0 Å². The van der Waals surface area contributed by atoms with E-state index in [2.05, 4.69) is 15.2 Å². The summed E-state index contributed by atoms with van der Waals surface area (Å²) in [5.41, 5.74) is 3.72. The minimum Gasteiger partial charge on any atom is -0.496 e. The first-order valence-electron chi connectivity index (χ1n) is 7.75. The van der Waals surface area contributed by atoms with E-state index < -0.39 is 0 Å². The standard InChI is InChI=1S/C18H18FN3O2S/c1-11-9-20-15(12(2)17(11)23-3)10-25-18-22-21-16(24-18)8-13-5-4-6-14(19)7-13/h4-7,9H,8,10H2,1-3H3. The molecule has 7 heteroatoms. The van der Waals surface area contributed by atoms with Crippen LogP contribution >= 0.6 is 11.8 Å². The van der Waals surface area contributed by atoms with Gasteiger partial charge in [-0.2, -0.15) is 0 Å². The molecule has 0 saturated heterocycles. The average molecular weight is 359 g/mol. The van der Waals surface area contributed by atoms with Crippen molar-refractivity contribution in [1.29, 1.82) is 0 Å². The Hall–Kier alpha value is -2.41. The Kier molecular flexibility index (Phi) is 5.33. The summed E-state index contributed by atoms with van der Waals surface area (Å²) in [5.74, 6) is 1.63. The van der Waals surface area contributed by atoms with Gasteiger partial charge in [0.2, 0.25) is 5.89 Å². The van der Waals surface area contributed by atoms with E-state index in [1.54, 1.807) is 19.4 Å². The number of pyridine rings is 1. The molecule has 1 aromatic carbocycles. The number of rotatable bonds is 6. The number of aryl methyl sites for hydroxylation is 1. The van der Waals surface area contributed by atoms with Crippen LogP contribution in [0.25, 0.3) is 0 Å². The molecular formula is C18H18FN3O2S. The Bertz CT molecular complexity index is 883. The number of hydrogen-bond acceptors (Lipinski definition) is 6. The van der Waals surface area contributed by atoms with Crippen LogP contribution in [0.5, 0.6) is 5.75 Å². The Labute approximate surface area is 149 Å². The molecule has 0 atom stereocenters. The molecule has 0 saturated carbocycles. The van der Waals surface area contributed by atoms with Crippen LogP contribution in [0.15, 0.2) is 40.1 Å². The van der Waals surface area contributed by atoms with Crippen LogP contribution < -0.4 is 4.74 Å². The van der Waals surface area contributed by atoms with Gasteiger partial charge in [0.05, 0.1) is 19.2 Å². The van der Waals surface area contributed by atoms with Gasteiger partial charge in [-0.25, -0.2) is 4.39 Å². The van der Waals surface area contributed by atoms with Gasteiger partial charge in [-0.15, -0.1) is 10.2 Å². The van der Waals surface area contributed by atoms with Crippen LogP contribution in [0.2, 0.25) is 0 Å². The molecule has 2 aromatic heterocycles. The second-order valence-electron chi connectivity index (χ2n) is 5.60. The number of thioether (sulfide) groups is 1. The second-order valence-corrected chi connectivity index (χ2v) is 6.53. The molecule has 0 spiro atoms. The Morgan fingerprint density at radius 3 is 2.84 bits per heavy atom. The number of methoxy groups -OCH3 is 1. The van der Waals surface area contributed by atoms with Gasteiger partial charge in [-0.05, 0) is 31.5 Å². The predicted octanol–water partition coefficient (Wildman–Crippen LogP) is 4.11. The van der Waals surface area contributed by atoms with Gasteiger partial charge in [0.1, 0.15) is 11.6 Å². The summed E-state index contributed by atoms with van der Waals surface area (Å²) in [5, 5.41) is 8.52. The lowest BCUT2D eigenvalue weighted by Gasteiger charge is -2.11. The van der Waals surface area contributed by atoms with Gasteiger partial charge in [-0.1, -0.05) is 23.9 Å². The number of hydrogen-bond donors (Lipinski definition) is 0. The van der Waals surface area contributed by atoms with E-state index in [0.717, 1.165) is 28.1 Å². The quantitative estimate of drug-likeness (QED) is 0.617. The summed E-state index contributed by atoms with van der Waals surface area (Å²) in [4.78, 5) is 4.45. The first-order valence-corrected chi connectivity index (χ1v) is 8.74. The molecule has 0 amide bonds. The third-order valence-electron chi connectivity index (χ3n) is 3.77. The number of aromatic nitrogens is 3. The van der Waals surface area contributed by atoms with Gasteiger partial charge in [0.25, 0.3) is 5.22 Å². The molecule has 0 fully saturated rings. The average Bonchev–Trinajstić information content (AvgIpc) is 3.02. The molecule has 5 nitrogen and oxygen atoms in total. The maximum atomic E-state index is 13.2. The molecule has 130 valence electrons. The van der Waals surface area contributed by atoms with Crippen molar-refractivity contribution in [3.8, 4) is 5.75 Å². The first kappa shape index (κ1) is 17.4. The molecule has 3 rings (SSSR count). The van der Waals surface area contributed by atoms with Crippen LogP contribution in [0, 0.1) is 19.7 Å². The zero-order valence-electron chi connectivity index (χ0n) is 14.2. The Morgan fingerprint density at radius 1 is 1.24 bits per heavy atom. The van der Waals surface area contributed by atoms with Gasteiger partial charge in [-0.3, -0.25) is 4.98 Å². The highest BCUT2D eigenvalue weighted by atomic mass is 32.2. The van der Waals surface area contributed by atoms with E-state index in [0.29, 0.717) is 23.3 Å². The molecule has 0 aliphatic rings. The summed E-state index contributed by atoms with van der Waals surface area (Å²) in [6.45, 7) is 3.95. The summed E-state index contributed by atoms with van der Waals surface area (Å²) in [7, 11) is 1.66. The fraction of sp³-hybridized carbons (Fsp3) is 0.278. The van der Waals surface area contributed by atoms with Crippen molar-refractivity contribution >= 4 is 11.8 Å². The lowest BCUT2D eigenvalue weighted by atomic mass is 10.1. The Balaban J connectivity index is 1.66. The highest BCUT2D eigenvalue weighted by Crippen LogP contribution is 2.28. The van der Waals surface area contributed by atoms with Crippen LogP contribution in [-0.2, 0) is 12.2 Å². The number of benzene rings is 1. The fourth-order valence-corrected chi connectivity index (χ4v) is 3.34. The maximum Gasteiger partial charge on any atom is 0.276 e. The lowest BCUT2D eigenvalue weighted by Crippen LogP contribution is -1.98. The molecule has 0 bridgehead atoms. The highest BCUT2D eigenvalue weighted by Gasteiger charge is 2.13. The summed E-state index contributed by atoms with van der Waals surface area (Å²) >= 11 is 1.41. The molecule has 0 radical (unpaired) electrons. The van der Waals surface area contributed by atoms with E-state index in [1.165, 1.54) is 23.9 Å². The SMILES string of the molecule is COc1c(C)cnc(CSc2nnc(Cc3cccc(F)c3)o2)c1C. The van der Waals surface area contributed by atoms with Crippen molar-refractivity contribution in [2.45, 2.75) is 31.2 Å². The maximum absolute atomic E-state index is 13.2. The molecule has 0 unspecified atom stereocenters. The first-order chi connectivity index (χ1) is 12.1. The van der Waals surface area contributed by atoms with E-state index in [9.17, 15) is 4.39 Å². The smallest absolute Gasteiger partial charge is 0.276 e. The van der Waals surface area contributed by atoms with Gasteiger partial charge < -0.3 is 9.15 Å². The van der Waals surface area contributed by atoms with Gasteiger partial charge >= 0.3 is 0 Å². The molecule has 25 heavy (non-hydrogen) atoms. The summed E-state index contributed by atoms with van der Waals surface area (Å²) in [6, 6.07) is 6.36. The van der Waals surface area contributed by atoms with E-state index in [1.807, 2.05) is 19.9 Å². The third-order valence-corrected chi connectivity index (χ3v) is 4.60. The number of halogens is 1. The summed E-state index contributed by atoms with van der Waals surface area (Å²) < 4.78 is 24.3. The minimum absolute atomic E-state index is 0.276. The third kappa shape index (κ3) is 4.17. The topological polar surface area (TPSA) is 61.0 Å². The summed E-state index contributed by atoms with van der Waals surface area (Å²) in [6.07, 6.45) is 2.20. The molecule has 2 heterocycles. The molecule has 0 aliphatic heterocycles. The van der Waals surface area contributed by atoms with E-state index in [-0.39, 0.29) is 5.82 Å². The molecule has 3 aromatic rings. The number of ether oxygens (including phenoxy) is 1. The van der Waals surface area contributed by atoms with Crippen molar-refractivity contribution in [2.75, 3.05) is 7.11 Å². The largest absolute Gasteiger partial charge is 0.496 e. The van der Waals surface area contributed by atoms with Crippen LogP contribution in [0.1, 0.15) is 28.3 Å². The second kappa shape index (κ2) is 7.65. The van der Waals surface area contributed by atoms with E-state index in [4.69, 9.17) is 9.15 Å². The fourth-order valence-electron chi connectivity index (χ4n) is 2.54. The zero-order valence-corrected chi connectivity index (χ0v) is 15.1. The molecular weight excluding hydrogens is 341 g/mol. The monoisotopic (exact) mass is 359 g/mol. The molecule has 0 aliphatic carbocycles. The van der Waals surface area contributed by atoms with Crippen LogP contribution in [0.3, 0.4) is 0 Å². The zero-order chi connectivity index (χ0) is 17.8. The van der Waals surface area contributed by atoms with Gasteiger partial charge in [0, 0.05) is 23.1 Å². The van der Waals surface area contributed by atoms with Crippen molar-refractivity contribution in [2.24, 2.45) is 0 Å². The van der Waals surface area contributed by atoms with Crippen molar-refractivity contribution < 1.29 is 13.5 Å². The highest BCUT2D eigenvalue weighted by molar-refractivity contribution is 7.98. The predicted molar refractivity (Wildman–Crippen MR) is 93.3 cm³/mol. The van der Waals surface area contributed by atoms with Crippen LogP contribution in [-0.4, -0.2) is 22.3 Å². The Morgan fingerprint density at radius 2 is 2.08 bits per heavy atom. The van der Waals surface area contributed by atoms with Crippen molar-refractivity contribution in [1.82, 2.24) is 15.2 Å². The van der Waals surface area contributed by atoms with E-state index >= 15 is 0 Å². The lowest BCUT2D eigenvalue weighted by molar-refractivity contribution is 0.407. The van der Waals surface area contributed by atoms with Crippen LogP contribution in [0.4, 0.5) is 4.39 Å². The number of nitrogens with zero attached hydrogens (tertiary/aromatic N) is 3.